The minimum atomic E-state index is -0.431. The molecular formula is C22H26Cl2N6O4S. The lowest BCUT2D eigenvalue weighted by Gasteiger charge is -2.37. The molecule has 1 amide bonds. The van der Waals surface area contributed by atoms with Gasteiger partial charge in [0.1, 0.15) is 22.0 Å². The molecule has 1 saturated heterocycles. The first-order chi connectivity index (χ1) is 16.7. The van der Waals surface area contributed by atoms with Gasteiger partial charge in [-0.15, -0.1) is 0 Å². The number of hydrogen-bond acceptors (Lipinski definition) is 8. The number of aromatic amines is 1. The smallest absolute Gasteiger partial charge is 0.350 e. The van der Waals surface area contributed by atoms with Crippen LogP contribution < -0.4 is 10.2 Å². The number of rotatable bonds is 7. The van der Waals surface area contributed by atoms with Crippen LogP contribution in [0.15, 0.2) is 12.3 Å². The summed E-state index contributed by atoms with van der Waals surface area (Å²) in [6.45, 7) is 4.84. The van der Waals surface area contributed by atoms with Gasteiger partial charge < -0.3 is 24.7 Å². The third kappa shape index (κ3) is 5.18. The first-order valence-corrected chi connectivity index (χ1v) is 12.6. The summed E-state index contributed by atoms with van der Waals surface area (Å²) in [5.41, 5.74) is 1.94. The zero-order valence-electron chi connectivity index (χ0n) is 19.7. The van der Waals surface area contributed by atoms with Crippen molar-refractivity contribution < 1.29 is 19.1 Å². The second kappa shape index (κ2) is 10.6. The summed E-state index contributed by atoms with van der Waals surface area (Å²) >= 11 is 13.6. The number of carbonyl (C=O) groups excluding carboxylic acids is 2. The highest BCUT2D eigenvalue weighted by atomic mass is 35.5. The SMILES string of the molecule is CCOC(=O)c1sc(N2CC[C@@H](NC(=O)c3[nH]c(C)c(Cl)c3Cl)[C@@H](OC)C2)nc1-c1ccn(C)n1. The molecule has 2 atom stereocenters. The molecule has 0 spiro atoms. The van der Waals surface area contributed by atoms with Crippen LogP contribution in [-0.2, 0) is 16.5 Å². The summed E-state index contributed by atoms with van der Waals surface area (Å²) in [5.74, 6) is -0.777. The molecule has 1 aliphatic heterocycles. The summed E-state index contributed by atoms with van der Waals surface area (Å²) in [4.78, 5) is 35.6. The number of nitrogens with one attached hydrogen (secondary N) is 2. The van der Waals surface area contributed by atoms with Crippen LogP contribution in [0.5, 0.6) is 0 Å². The zero-order chi connectivity index (χ0) is 25.3. The van der Waals surface area contributed by atoms with Crippen molar-refractivity contribution in [3.05, 3.63) is 38.6 Å². The molecule has 4 rings (SSSR count). The van der Waals surface area contributed by atoms with Gasteiger partial charge in [0.25, 0.3) is 5.91 Å². The van der Waals surface area contributed by atoms with E-state index in [0.717, 1.165) is 0 Å². The van der Waals surface area contributed by atoms with Crippen molar-refractivity contribution in [2.75, 3.05) is 31.7 Å². The summed E-state index contributed by atoms with van der Waals surface area (Å²) in [6.07, 6.45) is 2.08. The Balaban J connectivity index is 1.53. The molecule has 35 heavy (non-hydrogen) atoms. The maximum Gasteiger partial charge on any atom is 0.350 e. The van der Waals surface area contributed by atoms with Crippen molar-refractivity contribution in [1.29, 1.82) is 0 Å². The summed E-state index contributed by atoms with van der Waals surface area (Å²) in [6, 6.07) is 1.56. The van der Waals surface area contributed by atoms with E-state index in [1.54, 1.807) is 44.9 Å². The number of H-pyrrole nitrogens is 1. The van der Waals surface area contributed by atoms with Crippen LogP contribution in [0.2, 0.25) is 10.0 Å². The molecule has 2 N–H and O–H groups in total. The number of thiazole rings is 1. The molecule has 3 aromatic rings. The minimum Gasteiger partial charge on any atom is -0.462 e. The number of amides is 1. The van der Waals surface area contributed by atoms with Crippen molar-refractivity contribution in [2.24, 2.45) is 7.05 Å². The van der Waals surface area contributed by atoms with Crippen molar-refractivity contribution in [1.82, 2.24) is 25.1 Å². The molecular weight excluding hydrogens is 515 g/mol. The van der Waals surface area contributed by atoms with Crippen molar-refractivity contribution >= 4 is 51.5 Å². The fraction of sp³-hybridized carbons (Fsp3) is 0.455. The molecule has 0 aromatic carbocycles. The van der Waals surface area contributed by atoms with Crippen LogP contribution in [0.4, 0.5) is 5.13 Å². The Bertz CT molecular complexity index is 1240. The Kier molecular flexibility index (Phi) is 7.70. The lowest BCUT2D eigenvalue weighted by Crippen LogP contribution is -2.55. The number of aryl methyl sites for hydroxylation is 2. The molecule has 188 valence electrons. The highest BCUT2D eigenvalue weighted by Gasteiger charge is 2.34. The molecule has 10 nitrogen and oxygen atoms in total. The molecule has 1 fully saturated rings. The molecule has 1 aliphatic rings. The quantitative estimate of drug-likeness (QED) is 0.439. The van der Waals surface area contributed by atoms with Gasteiger partial charge in [-0.05, 0) is 26.3 Å². The number of nitrogens with zero attached hydrogens (tertiary/aromatic N) is 4. The third-order valence-electron chi connectivity index (χ3n) is 5.76. The van der Waals surface area contributed by atoms with E-state index in [2.05, 4.69) is 15.4 Å². The Morgan fingerprint density at radius 1 is 1.34 bits per heavy atom. The van der Waals surface area contributed by atoms with Gasteiger partial charge in [-0.2, -0.15) is 5.10 Å². The van der Waals surface area contributed by atoms with Crippen LogP contribution in [0.3, 0.4) is 0 Å². The topological polar surface area (TPSA) is 114 Å². The average Bonchev–Trinajstić information content (AvgIpc) is 3.54. The highest BCUT2D eigenvalue weighted by molar-refractivity contribution is 7.17. The Morgan fingerprint density at radius 2 is 2.11 bits per heavy atom. The van der Waals surface area contributed by atoms with E-state index in [0.29, 0.717) is 51.6 Å². The predicted octanol–water partition coefficient (Wildman–Crippen LogP) is 3.69. The van der Waals surface area contributed by atoms with Gasteiger partial charge >= 0.3 is 5.97 Å². The largest absolute Gasteiger partial charge is 0.462 e. The first kappa shape index (κ1) is 25.5. The molecule has 0 aliphatic carbocycles. The van der Waals surface area contributed by atoms with Gasteiger partial charge in [-0.3, -0.25) is 9.48 Å². The second-order valence-electron chi connectivity index (χ2n) is 8.11. The highest BCUT2D eigenvalue weighted by Crippen LogP contribution is 2.35. The molecule has 0 radical (unpaired) electrons. The van der Waals surface area contributed by atoms with Crippen LogP contribution in [0, 0.1) is 6.92 Å². The van der Waals surface area contributed by atoms with E-state index in [1.165, 1.54) is 11.3 Å². The molecule has 0 unspecified atom stereocenters. The van der Waals surface area contributed by atoms with Gasteiger partial charge in [0.05, 0.1) is 28.8 Å². The lowest BCUT2D eigenvalue weighted by molar-refractivity contribution is 0.0531. The van der Waals surface area contributed by atoms with Crippen LogP contribution in [0.1, 0.15) is 39.2 Å². The second-order valence-corrected chi connectivity index (χ2v) is 9.84. The number of aromatic nitrogens is 4. The van der Waals surface area contributed by atoms with Gasteiger partial charge in [0, 0.05) is 39.1 Å². The number of carbonyl (C=O) groups is 2. The van der Waals surface area contributed by atoms with Crippen molar-refractivity contribution in [3.63, 3.8) is 0 Å². The molecule has 0 bridgehead atoms. The number of methoxy groups -OCH3 is 1. The van der Waals surface area contributed by atoms with Gasteiger partial charge in [-0.1, -0.05) is 34.5 Å². The van der Waals surface area contributed by atoms with Crippen molar-refractivity contribution in [2.45, 2.75) is 32.4 Å². The van der Waals surface area contributed by atoms with E-state index in [1.807, 2.05) is 4.90 Å². The maximum absolute atomic E-state index is 12.8. The van der Waals surface area contributed by atoms with E-state index >= 15 is 0 Å². The van der Waals surface area contributed by atoms with Crippen LogP contribution in [-0.4, -0.2) is 70.6 Å². The van der Waals surface area contributed by atoms with Crippen molar-refractivity contribution in [3.8, 4) is 11.4 Å². The standard InChI is InChI=1S/C22H26Cl2N6O4S/c1-5-34-21(32)19-17(13-6-8-29(3)28-13)27-22(35-19)30-9-7-12(14(10-30)33-4)26-20(31)18-16(24)15(23)11(2)25-18/h6,8,12,14,25H,5,7,9-10H2,1-4H3,(H,26,31)/t12-,14+/m1/s1. The fourth-order valence-corrected chi connectivity index (χ4v) is 5.38. The minimum absolute atomic E-state index is 0.199. The van der Waals surface area contributed by atoms with Crippen LogP contribution >= 0.6 is 34.5 Å². The molecule has 4 heterocycles. The molecule has 3 aromatic heterocycles. The van der Waals surface area contributed by atoms with Gasteiger partial charge in [0.15, 0.2) is 5.13 Å². The van der Waals surface area contributed by atoms with E-state index in [-0.39, 0.29) is 35.4 Å². The van der Waals surface area contributed by atoms with E-state index in [4.69, 9.17) is 37.7 Å². The summed E-state index contributed by atoms with van der Waals surface area (Å²) in [5, 5.41) is 8.60. The molecule has 13 heteroatoms. The number of halogens is 2. The normalized spacial score (nSPS) is 18.1. The third-order valence-corrected chi connectivity index (χ3v) is 7.81. The zero-order valence-corrected chi connectivity index (χ0v) is 22.1. The number of piperidine rings is 1. The summed E-state index contributed by atoms with van der Waals surface area (Å²) in [7, 11) is 3.40. The number of ether oxygens (including phenoxy) is 2. The first-order valence-electron chi connectivity index (χ1n) is 11.0. The summed E-state index contributed by atoms with van der Waals surface area (Å²) < 4.78 is 12.6. The van der Waals surface area contributed by atoms with Gasteiger partial charge in [0.2, 0.25) is 0 Å². The average molecular weight is 541 g/mol. The monoisotopic (exact) mass is 540 g/mol. The van der Waals surface area contributed by atoms with E-state index in [9.17, 15) is 9.59 Å². The van der Waals surface area contributed by atoms with Gasteiger partial charge in [-0.25, -0.2) is 9.78 Å². The fourth-order valence-electron chi connectivity index (χ4n) is 3.96. The Hall–Kier alpha value is -2.60. The molecule has 0 saturated carbocycles. The maximum atomic E-state index is 12.8. The lowest BCUT2D eigenvalue weighted by atomic mass is 10.0. The predicted molar refractivity (Wildman–Crippen MR) is 135 cm³/mol. The number of esters is 1. The van der Waals surface area contributed by atoms with Crippen LogP contribution in [0.25, 0.3) is 11.4 Å². The number of anilines is 1. The number of hydrogen-bond donors (Lipinski definition) is 2. The Morgan fingerprint density at radius 3 is 2.71 bits per heavy atom. The Labute approximate surface area is 216 Å². The van der Waals surface area contributed by atoms with E-state index < -0.39 is 5.97 Å².